The van der Waals surface area contributed by atoms with Gasteiger partial charge in [-0.05, 0) is 18.6 Å². The number of carbonyl (C=O) groups excluding carboxylic acids is 1. The molecule has 0 aliphatic rings. The minimum atomic E-state index is -0.198. The second kappa shape index (κ2) is 6.54. The van der Waals surface area contributed by atoms with Crippen molar-refractivity contribution in [2.45, 2.75) is 13.3 Å². The van der Waals surface area contributed by atoms with Crippen molar-refractivity contribution in [2.75, 3.05) is 11.9 Å². The molecule has 98 valence electrons. The maximum absolute atomic E-state index is 11.5. The third kappa shape index (κ3) is 3.81. The Morgan fingerprint density at radius 1 is 1.16 bits per heavy atom. The van der Waals surface area contributed by atoms with Crippen LogP contribution >= 0.6 is 0 Å². The molecule has 0 saturated carbocycles. The molecule has 1 heterocycles. The lowest BCUT2D eigenvalue weighted by molar-refractivity contribution is 0.252. The summed E-state index contributed by atoms with van der Waals surface area (Å²) in [5, 5.41) is 5.49. The van der Waals surface area contributed by atoms with Crippen molar-refractivity contribution in [1.29, 1.82) is 0 Å². The normalized spacial score (nSPS) is 9.95. The molecule has 1 aromatic carbocycles. The van der Waals surface area contributed by atoms with Crippen LogP contribution in [0.25, 0.3) is 11.3 Å². The summed E-state index contributed by atoms with van der Waals surface area (Å²) in [4.78, 5) is 15.8. The molecule has 2 N–H and O–H groups in total. The van der Waals surface area contributed by atoms with Crippen LogP contribution in [-0.4, -0.2) is 17.6 Å². The van der Waals surface area contributed by atoms with E-state index in [1.54, 1.807) is 6.20 Å². The molecule has 2 rings (SSSR count). The molecule has 0 fully saturated rings. The second-order valence-corrected chi connectivity index (χ2v) is 4.18. The van der Waals surface area contributed by atoms with E-state index >= 15 is 0 Å². The summed E-state index contributed by atoms with van der Waals surface area (Å²) in [6.45, 7) is 2.68. The number of pyridine rings is 1. The highest BCUT2D eigenvalue weighted by Gasteiger charge is 2.02. The van der Waals surface area contributed by atoms with Crippen LogP contribution in [0.3, 0.4) is 0 Å². The van der Waals surface area contributed by atoms with E-state index in [9.17, 15) is 4.79 Å². The maximum Gasteiger partial charge on any atom is 0.319 e. The van der Waals surface area contributed by atoms with Gasteiger partial charge < -0.3 is 10.6 Å². The number of carbonyl (C=O) groups is 1. The number of rotatable bonds is 4. The Labute approximate surface area is 112 Å². The van der Waals surface area contributed by atoms with Crippen LogP contribution in [0.4, 0.5) is 10.5 Å². The minimum absolute atomic E-state index is 0.198. The Hall–Kier alpha value is -2.36. The van der Waals surface area contributed by atoms with Crippen LogP contribution in [-0.2, 0) is 0 Å². The van der Waals surface area contributed by atoms with Crippen LogP contribution < -0.4 is 10.6 Å². The molecule has 0 unspecified atom stereocenters. The average molecular weight is 255 g/mol. The molecule has 2 amide bonds. The van der Waals surface area contributed by atoms with E-state index in [2.05, 4.69) is 15.6 Å². The van der Waals surface area contributed by atoms with Crippen LogP contribution in [0.15, 0.2) is 48.7 Å². The first-order valence-electron chi connectivity index (χ1n) is 6.36. The number of amides is 2. The first kappa shape index (κ1) is 13.1. The molecule has 0 spiro atoms. The number of benzene rings is 1. The molecule has 1 aromatic heterocycles. The average Bonchev–Trinajstić information content (AvgIpc) is 2.47. The highest BCUT2D eigenvalue weighted by Crippen LogP contribution is 2.17. The molecule has 0 radical (unpaired) electrons. The summed E-state index contributed by atoms with van der Waals surface area (Å²) in [6, 6.07) is 13.5. The Morgan fingerprint density at radius 3 is 2.58 bits per heavy atom. The van der Waals surface area contributed by atoms with Crippen molar-refractivity contribution in [1.82, 2.24) is 10.3 Å². The van der Waals surface area contributed by atoms with Gasteiger partial charge in [-0.25, -0.2) is 4.79 Å². The number of nitrogens with one attached hydrogen (secondary N) is 2. The number of anilines is 1. The lowest BCUT2D eigenvalue weighted by Crippen LogP contribution is -2.29. The lowest BCUT2D eigenvalue weighted by Gasteiger charge is -2.07. The van der Waals surface area contributed by atoms with E-state index < -0.39 is 0 Å². The van der Waals surface area contributed by atoms with Gasteiger partial charge in [-0.1, -0.05) is 37.3 Å². The molecule has 0 aliphatic carbocycles. The minimum Gasteiger partial charge on any atom is -0.338 e. The molecular formula is C15H17N3O. The Balaban J connectivity index is 2.01. The number of nitrogens with zero attached hydrogens (tertiary/aromatic N) is 1. The quantitative estimate of drug-likeness (QED) is 0.880. The van der Waals surface area contributed by atoms with E-state index in [-0.39, 0.29) is 6.03 Å². The zero-order valence-electron chi connectivity index (χ0n) is 10.9. The van der Waals surface area contributed by atoms with E-state index in [1.165, 1.54) is 0 Å². The molecular weight excluding hydrogens is 238 g/mol. The van der Waals surface area contributed by atoms with Crippen LogP contribution in [0.2, 0.25) is 0 Å². The smallest absolute Gasteiger partial charge is 0.319 e. The largest absolute Gasteiger partial charge is 0.338 e. The van der Waals surface area contributed by atoms with Gasteiger partial charge in [0, 0.05) is 12.1 Å². The van der Waals surface area contributed by atoms with Crippen molar-refractivity contribution in [3.8, 4) is 11.3 Å². The maximum atomic E-state index is 11.5. The predicted molar refractivity (Wildman–Crippen MR) is 77.0 cm³/mol. The molecule has 0 bridgehead atoms. The summed E-state index contributed by atoms with van der Waals surface area (Å²) in [5.74, 6) is 0. The summed E-state index contributed by atoms with van der Waals surface area (Å²) in [7, 11) is 0. The molecule has 0 saturated heterocycles. The zero-order chi connectivity index (χ0) is 13.5. The van der Waals surface area contributed by atoms with Crippen molar-refractivity contribution in [3.63, 3.8) is 0 Å². The third-order valence-electron chi connectivity index (χ3n) is 2.63. The topological polar surface area (TPSA) is 54.0 Å². The summed E-state index contributed by atoms with van der Waals surface area (Å²) >= 11 is 0. The fraction of sp³-hybridized carbons (Fsp3) is 0.200. The summed E-state index contributed by atoms with van der Waals surface area (Å²) in [5.41, 5.74) is 2.64. The number of hydrogen-bond donors (Lipinski definition) is 2. The van der Waals surface area contributed by atoms with E-state index in [1.807, 2.05) is 49.4 Å². The van der Waals surface area contributed by atoms with Gasteiger partial charge in [0.05, 0.1) is 17.6 Å². The van der Waals surface area contributed by atoms with Gasteiger partial charge in [-0.3, -0.25) is 4.98 Å². The number of hydrogen-bond acceptors (Lipinski definition) is 2. The summed E-state index contributed by atoms with van der Waals surface area (Å²) in [6.07, 6.45) is 2.58. The second-order valence-electron chi connectivity index (χ2n) is 4.18. The van der Waals surface area contributed by atoms with Crippen molar-refractivity contribution >= 4 is 11.7 Å². The van der Waals surface area contributed by atoms with Crippen molar-refractivity contribution in [3.05, 3.63) is 48.7 Å². The fourth-order valence-electron chi connectivity index (χ4n) is 1.66. The highest BCUT2D eigenvalue weighted by molar-refractivity contribution is 5.89. The first-order chi connectivity index (χ1) is 9.29. The van der Waals surface area contributed by atoms with Gasteiger partial charge in [-0.2, -0.15) is 0 Å². The molecule has 0 atom stereocenters. The Bertz CT molecular complexity index is 523. The molecule has 4 nitrogen and oxygen atoms in total. The monoisotopic (exact) mass is 255 g/mol. The zero-order valence-corrected chi connectivity index (χ0v) is 10.9. The molecule has 2 aromatic rings. The lowest BCUT2D eigenvalue weighted by atomic mass is 10.1. The number of aromatic nitrogens is 1. The van der Waals surface area contributed by atoms with Crippen LogP contribution in [0.1, 0.15) is 13.3 Å². The molecule has 19 heavy (non-hydrogen) atoms. The fourth-order valence-corrected chi connectivity index (χ4v) is 1.66. The van der Waals surface area contributed by atoms with Gasteiger partial charge in [-0.15, -0.1) is 0 Å². The van der Waals surface area contributed by atoms with Crippen LogP contribution in [0.5, 0.6) is 0 Å². The Morgan fingerprint density at radius 2 is 1.95 bits per heavy atom. The van der Waals surface area contributed by atoms with Gasteiger partial charge in [0.1, 0.15) is 0 Å². The van der Waals surface area contributed by atoms with Gasteiger partial charge in [0.15, 0.2) is 0 Å². The van der Waals surface area contributed by atoms with Crippen molar-refractivity contribution < 1.29 is 4.79 Å². The van der Waals surface area contributed by atoms with Crippen molar-refractivity contribution in [2.24, 2.45) is 0 Å². The van der Waals surface area contributed by atoms with E-state index in [0.29, 0.717) is 12.2 Å². The SMILES string of the molecule is CCCNC(=O)Nc1ccc(-c2ccccc2)nc1. The first-order valence-corrected chi connectivity index (χ1v) is 6.36. The van der Waals surface area contributed by atoms with Gasteiger partial charge >= 0.3 is 6.03 Å². The summed E-state index contributed by atoms with van der Waals surface area (Å²) < 4.78 is 0. The molecule has 4 heteroatoms. The highest BCUT2D eigenvalue weighted by atomic mass is 16.2. The van der Waals surface area contributed by atoms with Crippen LogP contribution in [0, 0.1) is 0 Å². The van der Waals surface area contributed by atoms with Gasteiger partial charge in [0.25, 0.3) is 0 Å². The van der Waals surface area contributed by atoms with E-state index in [0.717, 1.165) is 17.7 Å². The predicted octanol–water partition coefficient (Wildman–Crippen LogP) is 3.28. The van der Waals surface area contributed by atoms with Gasteiger partial charge in [0.2, 0.25) is 0 Å². The Kier molecular flexibility index (Phi) is 4.50. The number of urea groups is 1. The standard InChI is InChI=1S/C15H17N3O/c1-2-10-16-15(19)18-13-8-9-14(17-11-13)12-6-4-3-5-7-12/h3-9,11H,2,10H2,1H3,(H2,16,18,19). The van der Waals surface area contributed by atoms with E-state index in [4.69, 9.17) is 0 Å². The molecule has 0 aliphatic heterocycles. The third-order valence-corrected chi connectivity index (χ3v) is 2.63.